The minimum absolute atomic E-state index is 0.102. The van der Waals surface area contributed by atoms with Gasteiger partial charge in [-0.25, -0.2) is 0 Å². The highest BCUT2D eigenvalue weighted by Gasteiger charge is 2.50. The van der Waals surface area contributed by atoms with Gasteiger partial charge < -0.3 is 5.21 Å². The van der Waals surface area contributed by atoms with Crippen LogP contribution in [0.15, 0.2) is 0 Å². The first-order chi connectivity index (χ1) is 4.78. The zero-order chi connectivity index (χ0) is 8.86. The summed E-state index contributed by atoms with van der Waals surface area (Å²) in [5.41, 5.74) is -1.11. The van der Waals surface area contributed by atoms with Gasteiger partial charge in [-0.15, -0.1) is 0 Å². The lowest BCUT2D eigenvalue weighted by Gasteiger charge is -2.32. The van der Waals surface area contributed by atoms with Crippen molar-refractivity contribution >= 4 is 5.78 Å². The number of ketones is 1. The molecular weight excluding hydrogens is 142 g/mol. The molecule has 0 aliphatic carbocycles. The van der Waals surface area contributed by atoms with Gasteiger partial charge in [-0.2, -0.15) is 5.06 Å². The molecule has 1 aliphatic rings. The van der Waals surface area contributed by atoms with Gasteiger partial charge in [0.2, 0.25) is 0 Å². The van der Waals surface area contributed by atoms with Gasteiger partial charge in [-0.05, 0) is 27.7 Å². The molecule has 0 atom stereocenters. The number of Topliss-reactive ketones (excluding diaryl/α,β-unsaturated/α-hetero) is 1. The van der Waals surface area contributed by atoms with E-state index in [1.165, 1.54) is 0 Å². The number of rotatable bonds is 0. The minimum atomic E-state index is -0.705. The SMILES string of the molecule is CC1(C)CC(=O)C(C)(C)N1O. The van der Waals surface area contributed by atoms with Crippen molar-refractivity contribution < 1.29 is 10.0 Å². The summed E-state index contributed by atoms with van der Waals surface area (Å²) in [5.74, 6) is 0.102. The standard InChI is InChI=1S/C8H15NO2/c1-7(2)5-6(10)8(3,4)9(7)11/h11H,5H2,1-4H3. The van der Waals surface area contributed by atoms with Crippen LogP contribution in [0.5, 0.6) is 0 Å². The molecule has 1 aliphatic heterocycles. The van der Waals surface area contributed by atoms with Crippen LogP contribution in [-0.2, 0) is 4.79 Å². The Morgan fingerprint density at radius 2 is 1.82 bits per heavy atom. The predicted octanol–water partition coefficient (Wildman–Crippen LogP) is 1.21. The Hall–Kier alpha value is -0.410. The lowest BCUT2D eigenvalue weighted by molar-refractivity contribution is -0.192. The van der Waals surface area contributed by atoms with Crippen LogP contribution < -0.4 is 0 Å². The van der Waals surface area contributed by atoms with Crippen LogP contribution in [-0.4, -0.2) is 27.1 Å². The lowest BCUT2D eigenvalue weighted by Crippen LogP contribution is -2.47. The van der Waals surface area contributed by atoms with Crippen LogP contribution in [0.3, 0.4) is 0 Å². The highest BCUT2D eigenvalue weighted by Crippen LogP contribution is 2.35. The zero-order valence-electron chi connectivity index (χ0n) is 7.51. The maximum atomic E-state index is 11.3. The van der Waals surface area contributed by atoms with E-state index in [1.54, 1.807) is 13.8 Å². The first-order valence-electron chi connectivity index (χ1n) is 3.81. The van der Waals surface area contributed by atoms with Crippen LogP contribution in [0.25, 0.3) is 0 Å². The Bertz CT molecular complexity index is 196. The summed E-state index contributed by atoms with van der Waals surface area (Å²) in [5, 5.41) is 10.7. The second kappa shape index (κ2) is 2.05. The molecule has 0 saturated carbocycles. The molecule has 0 unspecified atom stereocenters. The molecule has 1 N–H and O–H groups in total. The molecule has 11 heavy (non-hydrogen) atoms. The van der Waals surface area contributed by atoms with Crippen molar-refractivity contribution in [2.24, 2.45) is 0 Å². The molecule has 64 valence electrons. The second-order valence-corrected chi connectivity index (χ2v) is 4.28. The molecule has 0 amide bonds. The summed E-state index contributed by atoms with van der Waals surface area (Å²) >= 11 is 0. The maximum absolute atomic E-state index is 11.3. The van der Waals surface area contributed by atoms with E-state index in [0.29, 0.717) is 6.42 Å². The predicted molar refractivity (Wildman–Crippen MR) is 41.4 cm³/mol. The van der Waals surface area contributed by atoms with Crippen molar-refractivity contribution in [3.63, 3.8) is 0 Å². The van der Waals surface area contributed by atoms with Gasteiger partial charge in [0, 0.05) is 12.0 Å². The molecule has 1 fully saturated rings. The minimum Gasteiger partial charge on any atom is -0.313 e. The average molecular weight is 157 g/mol. The number of hydrogen-bond donors (Lipinski definition) is 1. The Kier molecular flexibility index (Phi) is 1.62. The van der Waals surface area contributed by atoms with Crippen LogP contribution in [0, 0.1) is 0 Å². The molecule has 1 heterocycles. The second-order valence-electron chi connectivity index (χ2n) is 4.28. The third kappa shape index (κ3) is 1.08. The van der Waals surface area contributed by atoms with Crippen molar-refractivity contribution in [1.82, 2.24) is 5.06 Å². The van der Waals surface area contributed by atoms with Crippen molar-refractivity contribution in [3.8, 4) is 0 Å². The van der Waals surface area contributed by atoms with Gasteiger partial charge in [0.25, 0.3) is 0 Å². The number of hydroxylamine groups is 2. The first-order valence-corrected chi connectivity index (χ1v) is 3.81. The molecule has 0 spiro atoms. The fourth-order valence-corrected chi connectivity index (χ4v) is 1.56. The number of carbonyl (C=O) groups excluding carboxylic acids is 1. The van der Waals surface area contributed by atoms with Crippen molar-refractivity contribution in [2.75, 3.05) is 0 Å². The first kappa shape index (κ1) is 8.68. The van der Waals surface area contributed by atoms with E-state index >= 15 is 0 Å². The maximum Gasteiger partial charge on any atom is 0.156 e. The molecule has 0 radical (unpaired) electrons. The van der Waals surface area contributed by atoms with E-state index < -0.39 is 11.1 Å². The summed E-state index contributed by atoms with van der Waals surface area (Å²) in [6.07, 6.45) is 0.427. The third-order valence-corrected chi connectivity index (χ3v) is 2.38. The normalized spacial score (nSPS) is 29.4. The van der Waals surface area contributed by atoms with Crippen LogP contribution in [0.2, 0.25) is 0 Å². The average Bonchev–Trinajstić information content (AvgIpc) is 1.94. The molecule has 1 saturated heterocycles. The monoisotopic (exact) mass is 157 g/mol. The molecule has 0 bridgehead atoms. The Morgan fingerprint density at radius 1 is 1.36 bits per heavy atom. The quantitative estimate of drug-likeness (QED) is 0.574. The third-order valence-electron chi connectivity index (χ3n) is 2.38. The highest BCUT2D eigenvalue weighted by molar-refractivity contribution is 5.90. The van der Waals surface area contributed by atoms with E-state index in [2.05, 4.69) is 0 Å². The largest absolute Gasteiger partial charge is 0.313 e. The summed E-state index contributed by atoms with van der Waals surface area (Å²) in [6, 6.07) is 0. The zero-order valence-corrected chi connectivity index (χ0v) is 7.51. The van der Waals surface area contributed by atoms with E-state index in [0.717, 1.165) is 5.06 Å². The molecule has 0 aromatic rings. The van der Waals surface area contributed by atoms with Crippen LogP contribution in [0.1, 0.15) is 34.1 Å². The molecule has 0 aromatic heterocycles. The van der Waals surface area contributed by atoms with E-state index in [4.69, 9.17) is 0 Å². The molecule has 1 rings (SSSR count). The van der Waals surface area contributed by atoms with Crippen LogP contribution >= 0.6 is 0 Å². The van der Waals surface area contributed by atoms with Gasteiger partial charge >= 0.3 is 0 Å². The van der Waals surface area contributed by atoms with Gasteiger partial charge in [0.05, 0.1) is 5.54 Å². The topological polar surface area (TPSA) is 40.5 Å². The Labute approximate surface area is 67.0 Å². The molecular formula is C8H15NO2. The number of hydrogen-bond acceptors (Lipinski definition) is 3. The van der Waals surface area contributed by atoms with E-state index in [1.807, 2.05) is 13.8 Å². The summed E-state index contributed by atoms with van der Waals surface area (Å²) in [4.78, 5) is 11.3. The lowest BCUT2D eigenvalue weighted by atomic mass is 9.99. The van der Waals surface area contributed by atoms with Gasteiger partial charge in [-0.1, -0.05) is 0 Å². The van der Waals surface area contributed by atoms with Crippen molar-refractivity contribution in [3.05, 3.63) is 0 Å². The Morgan fingerprint density at radius 3 is 1.91 bits per heavy atom. The summed E-state index contributed by atoms with van der Waals surface area (Å²) < 4.78 is 0. The summed E-state index contributed by atoms with van der Waals surface area (Å²) in [7, 11) is 0. The van der Waals surface area contributed by atoms with E-state index in [9.17, 15) is 10.0 Å². The van der Waals surface area contributed by atoms with E-state index in [-0.39, 0.29) is 5.78 Å². The van der Waals surface area contributed by atoms with Gasteiger partial charge in [0.15, 0.2) is 5.78 Å². The van der Waals surface area contributed by atoms with Crippen LogP contribution in [0.4, 0.5) is 0 Å². The van der Waals surface area contributed by atoms with Crippen molar-refractivity contribution in [1.29, 1.82) is 0 Å². The molecule has 3 heteroatoms. The van der Waals surface area contributed by atoms with Crippen molar-refractivity contribution in [2.45, 2.75) is 45.2 Å². The summed E-state index contributed by atoms with van der Waals surface area (Å²) in [6.45, 7) is 7.20. The fourth-order valence-electron chi connectivity index (χ4n) is 1.56. The number of nitrogens with zero attached hydrogens (tertiary/aromatic N) is 1. The smallest absolute Gasteiger partial charge is 0.156 e. The molecule has 3 nitrogen and oxygen atoms in total. The molecule has 0 aromatic carbocycles. The fraction of sp³-hybridized carbons (Fsp3) is 0.875. The Balaban J connectivity index is 2.98. The van der Waals surface area contributed by atoms with Gasteiger partial charge in [-0.3, -0.25) is 4.79 Å². The number of carbonyl (C=O) groups is 1. The highest BCUT2D eigenvalue weighted by atomic mass is 16.5. The van der Waals surface area contributed by atoms with Gasteiger partial charge in [0.1, 0.15) is 0 Å².